The topological polar surface area (TPSA) is 32.3 Å². The summed E-state index contributed by atoms with van der Waals surface area (Å²) < 4.78 is 0. The van der Waals surface area contributed by atoms with Gasteiger partial charge in [-0.2, -0.15) is 0 Å². The molecule has 0 heterocycles. The van der Waals surface area contributed by atoms with Gasteiger partial charge in [0.15, 0.2) is 0 Å². The Morgan fingerprint density at radius 3 is 2.44 bits per heavy atom. The Hall–Kier alpha value is -0.0800. The molecule has 2 N–H and O–H groups in total. The van der Waals surface area contributed by atoms with E-state index in [1.165, 1.54) is 38.5 Å². The largest absolute Gasteiger partial charge is 0.390 e. The molecule has 0 aromatic carbocycles. The summed E-state index contributed by atoms with van der Waals surface area (Å²) in [6, 6.07) is 0. The molecule has 0 amide bonds. The summed E-state index contributed by atoms with van der Waals surface area (Å²) >= 11 is 0. The molecule has 1 aliphatic carbocycles. The lowest BCUT2D eigenvalue weighted by Crippen LogP contribution is -2.32. The zero-order valence-corrected chi connectivity index (χ0v) is 12.7. The fourth-order valence-corrected chi connectivity index (χ4v) is 2.86. The van der Waals surface area contributed by atoms with E-state index in [0.29, 0.717) is 5.92 Å². The third-order valence-corrected chi connectivity index (χ3v) is 4.21. The van der Waals surface area contributed by atoms with E-state index in [9.17, 15) is 5.11 Å². The number of hydrogen-bond donors (Lipinski definition) is 2. The van der Waals surface area contributed by atoms with E-state index >= 15 is 0 Å². The lowest BCUT2D eigenvalue weighted by atomic mass is 9.83. The van der Waals surface area contributed by atoms with Crippen LogP contribution in [-0.2, 0) is 0 Å². The van der Waals surface area contributed by atoms with E-state index in [2.05, 4.69) is 19.2 Å². The molecule has 1 rings (SSSR count). The second-order valence-electron chi connectivity index (χ2n) is 6.89. The SMILES string of the molecule is CC(C)CNCCC(C)(O)CCC1CCCCC1. The van der Waals surface area contributed by atoms with Crippen molar-refractivity contribution in [2.75, 3.05) is 13.1 Å². The minimum Gasteiger partial charge on any atom is -0.390 e. The maximum absolute atomic E-state index is 10.4. The summed E-state index contributed by atoms with van der Waals surface area (Å²) in [6.45, 7) is 8.43. The fourth-order valence-electron chi connectivity index (χ4n) is 2.86. The van der Waals surface area contributed by atoms with E-state index in [4.69, 9.17) is 0 Å². The van der Waals surface area contributed by atoms with Crippen LogP contribution in [0.25, 0.3) is 0 Å². The van der Waals surface area contributed by atoms with Gasteiger partial charge in [0.25, 0.3) is 0 Å². The van der Waals surface area contributed by atoms with Crippen molar-refractivity contribution in [2.45, 2.75) is 77.7 Å². The first-order valence-electron chi connectivity index (χ1n) is 7.93. The van der Waals surface area contributed by atoms with Crippen molar-refractivity contribution in [3.63, 3.8) is 0 Å². The van der Waals surface area contributed by atoms with Crippen molar-refractivity contribution >= 4 is 0 Å². The molecule has 0 bridgehead atoms. The summed E-state index contributed by atoms with van der Waals surface area (Å²) in [5.74, 6) is 1.58. The maximum Gasteiger partial charge on any atom is 0.0632 e. The van der Waals surface area contributed by atoms with Crippen LogP contribution in [-0.4, -0.2) is 23.8 Å². The van der Waals surface area contributed by atoms with Crippen molar-refractivity contribution < 1.29 is 5.11 Å². The van der Waals surface area contributed by atoms with E-state index < -0.39 is 5.60 Å². The molecule has 1 atom stereocenters. The van der Waals surface area contributed by atoms with Crippen molar-refractivity contribution in [3.05, 3.63) is 0 Å². The molecular weight excluding hydrogens is 222 g/mol. The lowest BCUT2D eigenvalue weighted by Gasteiger charge is -2.28. The smallest absolute Gasteiger partial charge is 0.0632 e. The Morgan fingerprint density at radius 1 is 1.17 bits per heavy atom. The predicted octanol–water partition coefficient (Wildman–Crippen LogP) is 3.73. The minimum atomic E-state index is -0.471. The highest BCUT2D eigenvalue weighted by atomic mass is 16.3. The first kappa shape index (κ1) is 16.0. The average Bonchev–Trinajstić information content (AvgIpc) is 2.34. The van der Waals surface area contributed by atoms with Crippen LogP contribution in [0.3, 0.4) is 0 Å². The number of hydrogen-bond acceptors (Lipinski definition) is 2. The molecular formula is C16H33NO. The summed E-state index contributed by atoms with van der Waals surface area (Å²) in [6.07, 6.45) is 10.1. The van der Waals surface area contributed by atoms with Gasteiger partial charge in [-0.3, -0.25) is 0 Å². The van der Waals surface area contributed by atoms with Crippen molar-refractivity contribution in [1.82, 2.24) is 5.32 Å². The highest BCUT2D eigenvalue weighted by Crippen LogP contribution is 2.30. The maximum atomic E-state index is 10.4. The molecule has 2 nitrogen and oxygen atoms in total. The number of rotatable bonds is 8. The molecule has 0 aliphatic heterocycles. The molecule has 18 heavy (non-hydrogen) atoms. The van der Waals surface area contributed by atoms with Crippen molar-refractivity contribution in [2.24, 2.45) is 11.8 Å². The molecule has 1 fully saturated rings. The number of aliphatic hydroxyl groups is 1. The standard InChI is InChI=1S/C16H33NO/c1-14(2)13-17-12-11-16(3,18)10-9-15-7-5-4-6-8-15/h14-15,17-18H,4-13H2,1-3H3. The van der Waals surface area contributed by atoms with Crippen molar-refractivity contribution in [3.8, 4) is 0 Å². The zero-order valence-electron chi connectivity index (χ0n) is 12.7. The van der Waals surface area contributed by atoms with Gasteiger partial charge in [-0.05, 0) is 51.1 Å². The van der Waals surface area contributed by atoms with Crippen LogP contribution in [0, 0.1) is 11.8 Å². The summed E-state index contributed by atoms with van der Waals surface area (Å²) in [5.41, 5.74) is -0.471. The van der Waals surface area contributed by atoms with Crippen LogP contribution in [0.15, 0.2) is 0 Å². The molecule has 1 unspecified atom stereocenters. The Labute approximate surface area is 114 Å². The van der Waals surface area contributed by atoms with E-state index in [-0.39, 0.29) is 0 Å². The normalized spacial score (nSPS) is 21.2. The average molecular weight is 255 g/mol. The van der Waals surface area contributed by atoms with Gasteiger partial charge in [0.05, 0.1) is 5.60 Å². The van der Waals surface area contributed by atoms with E-state index in [0.717, 1.165) is 31.8 Å². The van der Waals surface area contributed by atoms with Crippen LogP contribution < -0.4 is 5.32 Å². The van der Waals surface area contributed by atoms with Crippen LogP contribution in [0.4, 0.5) is 0 Å². The van der Waals surface area contributed by atoms with Crippen LogP contribution in [0.2, 0.25) is 0 Å². The predicted molar refractivity (Wildman–Crippen MR) is 78.8 cm³/mol. The molecule has 0 saturated heterocycles. The van der Waals surface area contributed by atoms with Gasteiger partial charge in [-0.1, -0.05) is 46.0 Å². The van der Waals surface area contributed by atoms with Crippen LogP contribution in [0.5, 0.6) is 0 Å². The van der Waals surface area contributed by atoms with Crippen molar-refractivity contribution in [1.29, 1.82) is 0 Å². The van der Waals surface area contributed by atoms with E-state index in [1.807, 2.05) is 6.92 Å². The molecule has 0 aromatic heterocycles. The van der Waals surface area contributed by atoms with Crippen LogP contribution >= 0.6 is 0 Å². The Kier molecular flexibility index (Phi) is 7.25. The first-order valence-corrected chi connectivity index (χ1v) is 7.93. The quantitative estimate of drug-likeness (QED) is 0.648. The van der Waals surface area contributed by atoms with Gasteiger partial charge in [0.1, 0.15) is 0 Å². The summed E-state index contributed by atoms with van der Waals surface area (Å²) in [5, 5.41) is 13.8. The molecule has 0 aromatic rings. The summed E-state index contributed by atoms with van der Waals surface area (Å²) in [4.78, 5) is 0. The first-order chi connectivity index (χ1) is 8.49. The van der Waals surface area contributed by atoms with Gasteiger partial charge in [0.2, 0.25) is 0 Å². The molecule has 108 valence electrons. The third kappa shape index (κ3) is 7.38. The Morgan fingerprint density at radius 2 is 1.83 bits per heavy atom. The minimum absolute atomic E-state index is 0.471. The third-order valence-electron chi connectivity index (χ3n) is 4.21. The molecule has 1 saturated carbocycles. The fraction of sp³-hybridized carbons (Fsp3) is 1.00. The second-order valence-corrected chi connectivity index (χ2v) is 6.89. The second kappa shape index (κ2) is 8.16. The summed E-state index contributed by atoms with van der Waals surface area (Å²) in [7, 11) is 0. The molecule has 0 radical (unpaired) electrons. The molecule has 0 spiro atoms. The Balaban J connectivity index is 2.09. The van der Waals surface area contributed by atoms with Gasteiger partial charge in [-0.15, -0.1) is 0 Å². The Bertz CT molecular complexity index is 207. The van der Waals surface area contributed by atoms with Gasteiger partial charge >= 0.3 is 0 Å². The van der Waals surface area contributed by atoms with E-state index in [1.54, 1.807) is 0 Å². The molecule has 2 heteroatoms. The molecule has 1 aliphatic rings. The van der Waals surface area contributed by atoms with Gasteiger partial charge in [-0.25, -0.2) is 0 Å². The zero-order chi connectivity index (χ0) is 13.4. The monoisotopic (exact) mass is 255 g/mol. The van der Waals surface area contributed by atoms with Crippen LogP contribution in [0.1, 0.15) is 72.1 Å². The highest BCUT2D eigenvalue weighted by Gasteiger charge is 2.22. The lowest BCUT2D eigenvalue weighted by molar-refractivity contribution is 0.0338. The van der Waals surface area contributed by atoms with Gasteiger partial charge < -0.3 is 10.4 Å². The van der Waals surface area contributed by atoms with Gasteiger partial charge in [0, 0.05) is 0 Å². The highest BCUT2D eigenvalue weighted by molar-refractivity contribution is 4.77. The number of nitrogens with one attached hydrogen (secondary N) is 1.